The number of nitrogens with zero attached hydrogens (tertiary/aromatic N) is 1. The van der Waals surface area contributed by atoms with Crippen molar-refractivity contribution in [3.8, 4) is 0 Å². The summed E-state index contributed by atoms with van der Waals surface area (Å²) in [5, 5.41) is 3.64. The smallest absolute Gasteiger partial charge is 0.0235 e. The topological polar surface area (TPSA) is 15.3 Å². The first-order valence-electron chi connectivity index (χ1n) is 7.11. The van der Waals surface area contributed by atoms with E-state index in [9.17, 15) is 0 Å². The van der Waals surface area contributed by atoms with Gasteiger partial charge in [-0.1, -0.05) is 38.1 Å². The van der Waals surface area contributed by atoms with Crippen LogP contribution in [0.15, 0.2) is 24.3 Å². The molecule has 0 aliphatic rings. The van der Waals surface area contributed by atoms with Gasteiger partial charge in [-0.15, -0.1) is 0 Å². The second-order valence-corrected chi connectivity index (χ2v) is 5.29. The molecule has 0 saturated carbocycles. The van der Waals surface area contributed by atoms with Crippen molar-refractivity contribution in [2.24, 2.45) is 0 Å². The molecular weight excluding hydrogens is 220 g/mol. The van der Waals surface area contributed by atoms with Gasteiger partial charge < -0.3 is 10.2 Å². The molecule has 0 heterocycles. The largest absolute Gasteiger partial charge is 0.312 e. The molecule has 1 aromatic carbocycles. The van der Waals surface area contributed by atoms with Crippen LogP contribution in [0.2, 0.25) is 0 Å². The molecule has 1 rings (SSSR count). The average Bonchev–Trinajstić information content (AvgIpc) is 2.36. The molecule has 1 N–H and O–H groups in total. The predicted octanol–water partition coefficient (Wildman–Crippen LogP) is 2.72. The molecule has 0 aliphatic carbocycles. The Balaban J connectivity index is 2.56. The maximum absolute atomic E-state index is 3.64. The Morgan fingerprint density at radius 3 is 2.17 bits per heavy atom. The highest BCUT2D eigenvalue weighted by Gasteiger charge is 2.09. The third-order valence-electron chi connectivity index (χ3n) is 3.18. The van der Waals surface area contributed by atoms with Crippen molar-refractivity contribution in [3.05, 3.63) is 35.4 Å². The maximum atomic E-state index is 3.64. The lowest BCUT2D eigenvalue weighted by molar-refractivity contribution is 0.336. The van der Waals surface area contributed by atoms with Crippen LogP contribution in [-0.4, -0.2) is 38.1 Å². The van der Waals surface area contributed by atoms with Gasteiger partial charge in [-0.05, 0) is 51.0 Å². The van der Waals surface area contributed by atoms with E-state index in [2.05, 4.69) is 62.4 Å². The third kappa shape index (κ3) is 5.65. The van der Waals surface area contributed by atoms with Crippen LogP contribution in [-0.2, 0) is 12.8 Å². The van der Waals surface area contributed by atoms with Gasteiger partial charge in [0.2, 0.25) is 0 Å². The zero-order valence-electron chi connectivity index (χ0n) is 12.4. The first-order chi connectivity index (χ1) is 8.65. The van der Waals surface area contributed by atoms with E-state index in [4.69, 9.17) is 0 Å². The molecule has 2 nitrogen and oxygen atoms in total. The first-order valence-corrected chi connectivity index (χ1v) is 7.11. The SMILES string of the molecule is CCCNC(Cc1ccc(CC)cc1)CN(C)C. The molecule has 1 unspecified atom stereocenters. The van der Waals surface area contributed by atoms with Crippen molar-refractivity contribution >= 4 is 0 Å². The minimum atomic E-state index is 0.549. The standard InChI is InChI=1S/C16H28N2/c1-5-11-17-16(13-18(3)4)12-15-9-7-14(6-2)8-10-15/h7-10,16-17H,5-6,11-13H2,1-4H3. The summed E-state index contributed by atoms with van der Waals surface area (Å²) in [5.74, 6) is 0. The van der Waals surface area contributed by atoms with Crippen LogP contribution < -0.4 is 5.32 Å². The van der Waals surface area contributed by atoms with Gasteiger partial charge in [0.25, 0.3) is 0 Å². The summed E-state index contributed by atoms with van der Waals surface area (Å²) in [6.07, 6.45) is 3.43. The normalized spacial score (nSPS) is 12.9. The number of benzene rings is 1. The summed E-state index contributed by atoms with van der Waals surface area (Å²) >= 11 is 0. The lowest BCUT2D eigenvalue weighted by Crippen LogP contribution is -2.40. The van der Waals surface area contributed by atoms with Crippen LogP contribution in [0, 0.1) is 0 Å². The molecule has 0 spiro atoms. The molecule has 0 radical (unpaired) electrons. The van der Waals surface area contributed by atoms with E-state index in [0.29, 0.717) is 6.04 Å². The molecule has 102 valence electrons. The molecule has 0 saturated heterocycles. The van der Waals surface area contributed by atoms with Crippen LogP contribution in [0.1, 0.15) is 31.4 Å². The number of hydrogen-bond donors (Lipinski definition) is 1. The van der Waals surface area contributed by atoms with Crippen LogP contribution in [0.3, 0.4) is 0 Å². The van der Waals surface area contributed by atoms with Crippen molar-refractivity contribution in [2.45, 2.75) is 39.2 Å². The highest BCUT2D eigenvalue weighted by Crippen LogP contribution is 2.08. The van der Waals surface area contributed by atoms with Crippen molar-refractivity contribution in [1.29, 1.82) is 0 Å². The Hall–Kier alpha value is -0.860. The van der Waals surface area contributed by atoms with Gasteiger partial charge in [0.1, 0.15) is 0 Å². The molecule has 0 aromatic heterocycles. The summed E-state index contributed by atoms with van der Waals surface area (Å²) in [4.78, 5) is 2.26. The second kappa shape index (κ2) is 8.28. The Morgan fingerprint density at radius 1 is 1.06 bits per heavy atom. The third-order valence-corrected chi connectivity index (χ3v) is 3.18. The van der Waals surface area contributed by atoms with Crippen LogP contribution in [0.4, 0.5) is 0 Å². The Bertz CT molecular complexity index is 316. The van der Waals surface area contributed by atoms with Gasteiger partial charge in [-0.2, -0.15) is 0 Å². The van der Waals surface area contributed by atoms with E-state index >= 15 is 0 Å². The molecule has 0 bridgehead atoms. The summed E-state index contributed by atoms with van der Waals surface area (Å²) in [5.41, 5.74) is 2.85. The van der Waals surface area contributed by atoms with Gasteiger partial charge in [-0.3, -0.25) is 0 Å². The van der Waals surface area contributed by atoms with E-state index in [1.165, 1.54) is 17.5 Å². The molecule has 1 aromatic rings. The minimum Gasteiger partial charge on any atom is -0.312 e. The molecule has 1 atom stereocenters. The van der Waals surface area contributed by atoms with Crippen LogP contribution in [0.5, 0.6) is 0 Å². The molecule has 0 amide bonds. The fraction of sp³-hybridized carbons (Fsp3) is 0.625. The lowest BCUT2D eigenvalue weighted by Gasteiger charge is -2.22. The molecule has 0 aliphatic heterocycles. The van der Waals surface area contributed by atoms with E-state index in [0.717, 1.165) is 25.9 Å². The number of likely N-dealkylation sites (N-methyl/N-ethyl adjacent to an activating group) is 1. The monoisotopic (exact) mass is 248 g/mol. The number of nitrogens with one attached hydrogen (secondary N) is 1. The summed E-state index contributed by atoms with van der Waals surface area (Å²) in [6, 6.07) is 9.60. The zero-order chi connectivity index (χ0) is 13.4. The van der Waals surface area contributed by atoms with Gasteiger partial charge in [0.15, 0.2) is 0 Å². The highest BCUT2D eigenvalue weighted by atomic mass is 15.1. The number of rotatable bonds is 8. The van der Waals surface area contributed by atoms with Crippen molar-refractivity contribution in [2.75, 3.05) is 27.2 Å². The zero-order valence-corrected chi connectivity index (χ0v) is 12.4. The van der Waals surface area contributed by atoms with Gasteiger partial charge in [0.05, 0.1) is 0 Å². The van der Waals surface area contributed by atoms with E-state index < -0.39 is 0 Å². The molecule has 0 fully saturated rings. The van der Waals surface area contributed by atoms with E-state index in [-0.39, 0.29) is 0 Å². The van der Waals surface area contributed by atoms with Gasteiger partial charge in [0, 0.05) is 12.6 Å². The highest BCUT2D eigenvalue weighted by molar-refractivity contribution is 5.23. The van der Waals surface area contributed by atoms with Crippen LogP contribution >= 0.6 is 0 Å². The maximum Gasteiger partial charge on any atom is 0.0235 e. The van der Waals surface area contributed by atoms with Gasteiger partial charge in [-0.25, -0.2) is 0 Å². The minimum absolute atomic E-state index is 0.549. The van der Waals surface area contributed by atoms with Crippen molar-refractivity contribution in [1.82, 2.24) is 10.2 Å². The number of hydrogen-bond acceptors (Lipinski definition) is 2. The average molecular weight is 248 g/mol. The lowest BCUT2D eigenvalue weighted by atomic mass is 10.0. The Labute approximate surface area is 112 Å². The summed E-state index contributed by atoms with van der Waals surface area (Å²) < 4.78 is 0. The summed E-state index contributed by atoms with van der Waals surface area (Å²) in [7, 11) is 4.28. The van der Waals surface area contributed by atoms with Crippen LogP contribution in [0.25, 0.3) is 0 Å². The molecule has 2 heteroatoms. The van der Waals surface area contributed by atoms with E-state index in [1.807, 2.05) is 0 Å². The quantitative estimate of drug-likeness (QED) is 0.761. The molecule has 18 heavy (non-hydrogen) atoms. The summed E-state index contributed by atoms with van der Waals surface area (Å²) in [6.45, 7) is 6.61. The van der Waals surface area contributed by atoms with E-state index in [1.54, 1.807) is 0 Å². The van der Waals surface area contributed by atoms with Crippen molar-refractivity contribution in [3.63, 3.8) is 0 Å². The number of aryl methyl sites for hydroxylation is 1. The fourth-order valence-electron chi connectivity index (χ4n) is 2.19. The van der Waals surface area contributed by atoms with Gasteiger partial charge >= 0.3 is 0 Å². The van der Waals surface area contributed by atoms with Crippen molar-refractivity contribution < 1.29 is 0 Å². The Kier molecular flexibility index (Phi) is 6.99. The second-order valence-electron chi connectivity index (χ2n) is 5.29. The molecular formula is C16H28N2. The first kappa shape index (κ1) is 15.2. The Morgan fingerprint density at radius 2 is 1.67 bits per heavy atom. The predicted molar refractivity (Wildman–Crippen MR) is 80.2 cm³/mol. The fourth-order valence-corrected chi connectivity index (χ4v) is 2.19.